The third-order valence-electron chi connectivity index (χ3n) is 4.21. The van der Waals surface area contributed by atoms with Crippen molar-refractivity contribution in [3.05, 3.63) is 29.7 Å². The molecule has 0 N–H and O–H groups in total. The number of methoxy groups -OCH3 is 1. The van der Waals surface area contributed by atoms with Crippen LogP contribution in [0.4, 0.5) is 0 Å². The fraction of sp³-hybridized carbons (Fsp3) is 0.611. The van der Waals surface area contributed by atoms with E-state index in [0.717, 1.165) is 24.0 Å². The van der Waals surface area contributed by atoms with Crippen LogP contribution >= 0.6 is 0 Å². The maximum absolute atomic E-state index is 12.4. The Kier molecular flexibility index (Phi) is 6.42. The van der Waals surface area contributed by atoms with Gasteiger partial charge in [0.1, 0.15) is 11.5 Å². The second-order valence-corrected chi connectivity index (χ2v) is 6.51. The monoisotopic (exact) mass is 320 g/mol. The summed E-state index contributed by atoms with van der Waals surface area (Å²) in [6.07, 6.45) is 4.55. The Balaban J connectivity index is 1.91. The van der Waals surface area contributed by atoms with E-state index in [-0.39, 0.29) is 5.91 Å². The lowest BCUT2D eigenvalue weighted by atomic mass is 10.3. The number of hydrogen-bond donors (Lipinski definition) is 0. The van der Waals surface area contributed by atoms with Gasteiger partial charge in [0.25, 0.3) is 0 Å². The van der Waals surface area contributed by atoms with Gasteiger partial charge in [-0.1, -0.05) is 6.92 Å². The predicted molar refractivity (Wildman–Crippen MR) is 91.3 cm³/mol. The third-order valence-corrected chi connectivity index (χ3v) is 4.21. The number of rotatable bonds is 9. The van der Waals surface area contributed by atoms with Crippen molar-refractivity contribution in [1.82, 2.24) is 9.80 Å². The lowest BCUT2D eigenvalue weighted by Crippen LogP contribution is -2.37. The van der Waals surface area contributed by atoms with Crippen LogP contribution in [0.1, 0.15) is 30.8 Å². The van der Waals surface area contributed by atoms with E-state index >= 15 is 0 Å². The van der Waals surface area contributed by atoms with Crippen molar-refractivity contribution >= 4 is 12.0 Å². The van der Waals surface area contributed by atoms with Crippen LogP contribution in [0.25, 0.3) is 6.08 Å². The van der Waals surface area contributed by atoms with Crippen LogP contribution in [-0.4, -0.2) is 63.2 Å². The van der Waals surface area contributed by atoms with Crippen LogP contribution in [0.5, 0.6) is 0 Å². The first-order valence-electron chi connectivity index (χ1n) is 8.21. The summed E-state index contributed by atoms with van der Waals surface area (Å²) in [6, 6.07) is 3.95. The first kappa shape index (κ1) is 17.8. The molecule has 5 heteroatoms. The van der Waals surface area contributed by atoms with E-state index in [2.05, 4.69) is 11.8 Å². The van der Waals surface area contributed by atoms with Gasteiger partial charge in [0.15, 0.2) is 0 Å². The number of carbonyl (C=O) groups excluding carboxylic acids is 1. The van der Waals surface area contributed by atoms with E-state index in [1.54, 1.807) is 24.2 Å². The molecule has 128 valence electrons. The zero-order valence-electron chi connectivity index (χ0n) is 14.6. The van der Waals surface area contributed by atoms with E-state index in [9.17, 15) is 4.79 Å². The van der Waals surface area contributed by atoms with Gasteiger partial charge in [-0.2, -0.15) is 0 Å². The average molecular weight is 320 g/mol. The van der Waals surface area contributed by atoms with Crippen LogP contribution in [0.15, 0.2) is 22.6 Å². The molecule has 0 aromatic carbocycles. The topological polar surface area (TPSA) is 45.9 Å². The van der Waals surface area contributed by atoms with Crippen molar-refractivity contribution in [3.8, 4) is 0 Å². The Hall–Kier alpha value is -1.59. The molecule has 1 heterocycles. The number of amides is 1. The van der Waals surface area contributed by atoms with Crippen LogP contribution < -0.4 is 0 Å². The Bertz CT molecular complexity index is 536. The van der Waals surface area contributed by atoms with Crippen LogP contribution in [-0.2, 0) is 9.53 Å². The van der Waals surface area contributed by atoms with Crippen LogP contribution in [0, 0.1) is 5.92 Å². The number of ether oxygens (including phenoxy) is 1. The summed E-state index contributed by atoms with van der Waals surface area (Å²) in [7, 11) is 5.64. The Morgan fingerprint density at radius 3 is 2.70 bits per heavy atom. The molecule has 2 unspecified atom stereocenters. The maximum Gasteiger partial charge on any atom is 0.246 e. The summed E-state index contributed by atoms with van der Waals surface area (Å²) in [5, 5.41) is 0. The summed E-state index contributed by atoms with van der Waals surface area (Å²) in [4.78, 5) is 16.2. The van der Waals surface area contributed by atoms with Gasteiger partial charge in [-0.25, -0.2) is 0 Å². The molecule has 0 aliphatic heterocycles. The highest BCUT2D eigenvalue weighted by molar-refractivity contribution is 5.91. The van der Waals surface area contributed by atoms with Gasteiger partial charge >= 0.3 is 0 Å². The summed E-state index contributed by atoms with van der Waals surface area (Å²) in [5.74, 6) is 3.04. The molecule has 1 saturated carbocycles. The zero-order valence-corrected chi connectivity index (χ0v) is 14.6. The molecule has 0 saturated heterocycles. The van der Waals surface area contributed by atoms with Crippen molar-refractivity contribution in [2.75, 3.05) is 47.4 Å². The smallest absolute Gasteiger partial charge is 0.246 e. The van der Waals surface area contributed by atoms with Gasteiger partial charge < -0.3 is 19.0 Å². The summed E-state index contributed by atoms with van der Waals surface area (Å²) < 4.78 is 10.9. The average Bonchev–Trinajstić information content (AvgIpc) is 3.06. The minimum atomic E-state index is -0.0124. The van der Waals surface area contributed by atoms with Crippen LogP contribution in [0.3, 0.4) is 0 Å². The van der Waals surface area contributed by atoms with Crippen molar-refractivity contribution in [2.45, 2.75) is 19.3 Å². The Morgan fingerprint density at radius 2 is 2.09 bits per heavy atom. The van der Waals surface area contributed by atoms with Gasteiger partial charge in [0.2, 0.25) is 5.91 Å². The fourth-order valence-corrected chi connectivity index (χ4v) is 2.49. The number of carbonyl (C=O) groups is 1. The van der Waals surface area contributed by atoms with E-state index in [1.165, 1.54) is 6.42 Å². The molecule has 0 radical (unpaired) electrons. The van der Waals surface area contributed by atoms with Gasteiger partial charge in [-0.3, -0.25) is 4.79 Å². The second-order valence-electron chi connectivity index (χ2n) is 6.51. The van der Waals surface area contributed by atoms with Crippen molar-refractivity contribution in [3.63, 3.8) is 0 Å². The summed E-state index contributed by atoms with van der Waals surface area (Å²) in [6.45, 7) is 4.87. The quantitative estimate of drug-likeness (QED) is 0.656. The van der Waals surface area contributed by atoms with Crippen molar-refractivity contribution in [2.24, 2.45) is 5.92 Å². The van der Waals surface area contributed by atoms with Crippen LogP contribution in [0.2, 0.25) is 0 Å². The molecule has 5 nitrogen and oxygen atoms in total. The largest absolute Gasteiger partial charge is 0.461 e. The van der Waals surface area contributed by atoms with Crippen molar-refractivity contribution < 1.29 is 13.9 Å². The predicted octanol–water partition coefficient (Wildman–Crippen LogP) is 2.45. The molecule has 1 aromatic rings. The van der Waals surface area contributed by atoms with Gasteiger partial charge in [0, 0.05) is 38.7 Å². The molecule has 0 bridgehead atoms. The molecule has 1 fully saturated rings. The van der Waals surface area contributed by atoms with E-state index in [1.807, 2.05) is 26.2 Å². The lowest BCUT2D eigenvalue weighted by Gasteiger charge is -2.22. The molecule has 1 aromatic heterocycles. The highest BCUT2D eigenvalue weighted by Gasteiger charge is 2.36. The molecular formula is C18H28N2O3. The number of hydrogen-bond acceptors (Lipinski definition) is 4. The minimum Gasteiger partial charge on any atom is -0.461 e. The zero-order chi connectivity index (χ0) is 16.8. The minimum absolute atomic E-state index is 0.0124. The third kappa shape index (κ3) is 5.52. The second kappa shape index (κ2) is 8.31. The number of likely N-dealkylation sites (N-methyl/N-ethyl adjacent to an activating group) is 1. The molecular weight excluding hydrogens is 292 g/mol. The molecule has 23 heavy (non-hydrogen) atoms. The first-order chi connectivity index (χ1) is 11.0. The summed E-state index contributed by atoms with van der Waals surface area (Å²) in [5.41, 5.74) is 0. The SMILES string of the molecule is COCCN(CCN(C)C)C(=O)/C=C/c1ccc(C2CC2C)o1. The van der Waals surface area contributed by atoms with Gasteiger partial charge in [0.05, 0.1) is 6.61 Å². The lowest BCUT2D eigenvalue weighted by molar-refractivity contribution is -0.126. The number of furan rings is 1. The molecule has 1 aliphatic rings. The Morgan fingerprint density at radius 1 is 1.35 bits per heavy atom. The van der Waals surface area contributed by atoms with Gasteiger partial charge in [-0.05, 0) is 44.6 Å². The Labute approximate surface area is 138 Å². The molecule has 0 spiro atoms. The van der Waals surface area contributed by atoms with Gasteiger partial charge in [-0.15, -0.1) is 0 Å². The van der Waals surface area contributed by atoms with E-state index in [0.29, 0.717) is 25.6 Å². The van der Waals surface area contributed by atoms with E-state index < -0.39 is 0 Å². The maximum atomic E-state index is 12.4. The molecule has 2 rings (SSSR count). The highest BCUT2D eigenvalue weighted by Crippen LogP contribution is 2.47. The number of nitrogens with zero attached hydrogens (tertiary/aromatic N) is 2. The normalized spacial score (nSPS) is 20.4. The van der Waals surface area contributed by atoms with E-state index in [4.69, 9.17) is 9.15 Å². The first-order valence-corrected chi connectivity index (χ1v) is 8.21. The summed E-state index contributed by atoms with van der Waals surface area (Å²) >= 11 is 0. The highest BCUT2D eigenvalue weighted by atomic mass is 16.5. The molecule has 1 aliphatic carbocycles. The fourth-order valence-electron chi connectivity index (χ4n) is 2.49. The molecule has 2 atom stereocenters. The molecule has 1 amide bonds. The standard InChI is InChI=1S/C18H28N2O3/c1-14-13-16(14)17-7-5-15(23-17)6-8-18(21)20(11-12-22-4)10-9-19(2)3/h5-8,14,16H,9-13H2,1-4H3/b8-6+. The van der Waals surface area contributed by atoms with Crippen molar-refractivity contribution in [1.29, 1.82) is 0 Å².